The van der Waals surface area contributed by atoms with Gasteiger partial charge >= 0.3 is 0 Å². The lowest BCUT2D eigenvalue weighted by atomic mass is 10.1. The maximum Gasteiger partial charge on any atom is 0.235 e. The van der Waals surface area contributed by atoms with Gasteiger partial charge in [-0.3, -0.25) is 0 Å². The third kappa shape index (κ3) is 3.04. The molecule has 4 rings (SSSR count). The van der Waals surface area contributed by atoms with Crippen LogP contribution in [0.25, 0.3) is 16.8 Å². The Hall–Kier alpha value is -2.50. The fourth-order valence-corrected chi connectivity index (χ4v) is 3.86. The third-order valence-electron chi connectivity index (χ3n) is 4.11. The first kappa shape index (κ1) is 16.9. The van der Waals surface area contributed by atoms with Gasteiger partial charge in [-0.2, -0.15) is 9.61 Å². The molecule has 2 aromatic heterocycles. The van der Waals surface area contributed by atoms with Gasteiger partial charge in [-0.15, -0.1) is 0 Å². The first-order valence-corrected chi connectivity index (χ1v) is 9.45. The summed E-state index contributed by atoms with van der Waals surface area (Å²) in [6.07, 6.45) is 2.34. The van der Waals surface area contributed by atoms with Gasteiger partial charge < -0.3 is 5.11 Å². The lowest BCUT2D eigenvalue weighted by molar-refractivity contribution is 0.434. The first-order chi connectivity index (χ1) is 12.7. The van der Waals surface area contributed by atoms with E-state index in [1.807, 2.05) is 37.3 Å². The fraction of sp³-hybridized carbons (Fsp3) is 0.100. The summed E-state index contributed by atoms with van der Waals surface area (Å²) < 4.78 is 1.38. The van der Waals surface area contributed by atoms with Crippen molar-refractivity contribution in [3.8, 4) is 17.0 Å². The number of rotatable bonds is 4. The maximum absolute atomic E-state index is 10.3. The van der Waals surface area contributed by atoms with E-state index in [9.17, 15) is 5.11 Å². The van der Waals surface area contributed by atoms with Crippen LogP contribution in [-0.2, 0) is 6.42 Å². The van der Waals surface area contributed by atoms with Crippen LogP contribution in [0.15, 0.2) is 70.6 Å². The van der Waals surface area contributed by atoms with E-state index < -0.39 is 0 Å². The monoisotopic (exact) mass is 381 g/mol. The molecule has 26 heavy (non-hydrogen) atoms. The number of halogens is 1. The summed E-state index contributed by atoms with van der Waals surface area (Å²) in [7, 11) is 0. The molecule has 0 bridgehead atoms. The quantitative estimate of drug-likeness (QED) is 0.509. The molecular formula is C20H16ClN3OS. The van der Waals surface area contributed by atoms with Crippen LogP contribution >= 0.6 is 23.4 Å². The molecule has 0 fully saturated rings. The van der Waals surface area contributed by atoms with Crippen molar-refractivity contribution in [3.05, 3.63) is 71.5 Å². The van der Waals surface area contributed by atoms with Crippen molar-refractivity contribution in [2.45, 2.75) is 23.1 Å². The zero-order valence-corrected chi connectivity index (χ0v) is 15.6. The van der Waals surface area contributed by atoms with Gasteiger partial charge in [0.2, 0.25) is 5.88 Å². The minimum absolute atomic E-state index is 0.0731. The summed E-state index contributed by atoms with van der Waals surface area (Å²) >= 11 is 7.86. The van der Waals surface area contributed by atoms with Crippen molar-refractivity contribution < 1.29 is 5.11 Å². The number of benzene rings is 2. The van der Waals surface area contributed by atoms with E-state index in [0.29, 0.717) is 17.8 Å². The maximum atomic E-state index is 10.3. The van der Waals surface area contributed by atoms with Crippen LogP contribution in [0.5, 0.6) is 5.88 Å². The van der Waals surface area contributed by atoms with Crippen LogP contribution in [-0.4, -0.2) is 19.7 Å². The Kier molecular flexibility index (Phi) is 4.57. The Morgan fingerprint density at radius 3 is 2.42 bits per heavy atom. The van der Waals surface area contributed by atoms with Gasteiger partial charge in [0, 0.05) is 15.4 Å². The SMILES string of the molecule is CCc1nc2c(-c3ccc(Sc4ccccc4)cc3)cnn2c(O)c1Cl. The molecule has 0 aliphatic rings. The van der Waals surface area contributed by atoms with E-state index in [1.165, 1.54) is 9.41 Å². The molecule has 0 saturated carbocycles. The van der Waals surface area contributed by atoms with Crippen LogP contribution in [0.4, 0.5) is 0 Å². The number of aryl methyl sites for hydroxylation is 1. The molecule has 2 aromatic carbocycles. The van der Waals surface area contributed by atoms with Crippen molar-refractivity contribution in [2.75, 3.05) is 0 Å². The Labute approximate surface area is 160 Å². The fourth-order valence-electron chi connectivity index (χ4n) is 2.77. The van der Waals surface area contributed by atoms with Gasteiger partial charge in [0.15, 0.2) is 5.65 Å². The summed E-state index contributed by atoms with van der Waals surface area (Å²) in [4.78, 5) is 6.94. The van der Waals surface area contributed by atoms with E-state index in [4.69, 9.17) is 11.6 Å². The van der Waals surface area contributed by atoms with Crippen molar-refractivity contribution in [3.63, 3.8) is 0 Å². The van der Waals surface area contributed by atoms with Gasteiger partial charge in [0.1, 0.15) is 5.02 Å². The zero-order chi connectivity index (χ0) is 18.1. The molecule has 0 radical (unpaired) electrons. The Bertz CT molecular complexity index is 1060. The number of fused-ring (bicyclic) bond motifs is 1. The summed E-state index contributed by atoms with van der Waals surface area (Å²) in [6, 6.07) is 18.5. The van der Waals surface area contributed by atoms with Gasteiger partial charge in [-0.05, 0) is 36.2 Å². The van der Waals surface area contributed by atoms with Gasteiger partial charge in [-0.25, -0.2) is 4.98 Å². The molecular weight excluding hydrogens is 366 g/mol. The summed E-state index contributed by atoms with van der Waals surface area (Å²) in [5.41, 5.74) is 3.12. The second kappa shape index (κ2) is 7.02. The normalized spacial score (nSPS) is 11.2. The van der Waals surface area contributed by atoms with Gasteiger partial charge in [-0.1, -0.05) is 60.6 Å². The average Bonchev–Trinajstić information content (AvgIpc) is 3.10. The Morgan fingerprint density at radius 1 is 1.04 bits per heavy atom. The van der Waals surface area contributed by atoms with Gasteiger partial charge in [0.05, 0.1) is 11.9 Å². The van der Waals surface area contributed by atoms with Crippen molar-refractivity contribution in [1.29, 1.82) is 0 Å². The number of aromatic nitrogens is 3. The van der Waals surface area contributed by atoms with E-state index in [2.05, 4.69) is 34.3 Å². The molecule has 0 unspecified atom stereocenters. The van der Waals surface area contributed by atoms with Crippen molar-refractivity contribution in [1.82, 2.24) is 14.6 Å². The largest absolute Gasteiger partial charge is 0.492 e. The standard InChI is InChI=1S/C20H16ClN3OS/c1-2-17-18(21)20(25)24-19(23-17)16(12-22-24)13-8-10-15(11-9-13)26-14-6-4-3-5-7-14/h3-12,25H,2H2,1H3. The highest BCUT2D eigenvalue weighted by atomic mass is 35.5. The van der Waals surface area contributed by atoms with Crippen molar-refractivity contribution in [2.24, 2.45) is 0 Å². The van der Waals surface area contributed by atoms with E-state index in [0.717, 1.165) is 16.0 Å². The summed E-state index contributed by atoms with van der Waals surface area (Å²) in [6.45, 7) is 1.95. The highest BCUT2D eigenvalue weighted by Crippen LogP contribution is 2.33. The highest BCUT2D eigenvalue weighted by molar-refractivity contribution is 7.99. The summed E-state index contributed by atoms with van der Waals surface area (Å²) in [5.74, 6) is -0.0731. The molecule has 2 heterocycles. The Morgan fingerprint density at radius 2 is 1.73 bits per heavy atom. The molecule has 0 atom stereocenters. The lowest BCUT2D eigenvalue weighted by Crippen LogP contribution is -1.98. The second-order valence-electron chi connectivity index (χ2n) is 5.78. The predicted molar refractivity (Wildman–Crippen MR) is 105 cm³/mol. The van der Waals surface area contributed by atoms with Crippen LogP contribution in [0.3, 0.4) is 0 Å². The van der Waals surface area contributed by atoms with Crippen LogP contribution in [0.1, 0.15) is 12.6 Å². The lowest BCUT2D eigenvalue weighted by Gasteiger charge is -2.07. The molecule has 0 saturated heterocycles. The third-order valence-corrected chi connectivity index (χ3v) is 5.52. The molecule has 4 aromatic rings. The number of nitrogens with zero attached hydrogens (tertiary/aromatic N) is 3. The minimum Gasteiger partial charge on any atom is -0.492 e. The number of aromatic hydroxyl groups is 1. The molecule has 0 spiro atoms. The van der Waals surface area contributed by atoms with Crippen LogP contribution < -0.4 is 0 Å². The smallest absolute Gasteiger partial charge is 0.235 e. The first-order valence-electron chi connectivity index (χ1n) is 8.25. The minimum atomic E-state index is -0.0731. The average molecular weight is 382 g/mol. The summed E-state index contributed by atoms with van der Waals surface area (Å²) in [5, 5.41) is 14.8. The van der Waals surface area contributed by atoms with Crippen LogP contribution in [0, 0.1) is 0 Å². The van der Waals surface area contributed by atoms with Crippen molar-refractivity contribution >= 4 is 29.0 Å². The molecule has 1 N–H and O–H groups in total. The number of hydrogen-bond acceptors (Lipinski definition) is 4. The molecule has 0 amide bonds. The van der Waals surface area contributed by atoms with E-state index in [1.54, 1.807) is 18.0 Å². The second-order valence-corrected chi connectivity index (χ2v) is 7.31. The predicted octanol–water partition coefficient (Wildman–Crippen LogP) is 5.47. The zero-order valence-electron chi connectivity index (χ0n) is 14.1. The molecule has 0 aliphatic carbocycles. The molecule has 130 valence electrons. The number of hydrogen-bond donors (Lipinski definition) is 1. The Balaban J connectivity index is 1.71. The highest BCUT2D eigenvalue weighted by Gasteiger charge is 2.16. The topological polar surface area (TPSA) is 50.4 Å². The van der Waals surface area contributed by atoms with E-state index in [-0.39, 0.29) is 10.9 Å². The van der Waals surface area contributed by atoms with Gasteiger partial charge in [0.25, 0.3) is 0 Å². The van der Waals surface area contributed by atoms with E-state index >= 15 is 0 Å². The molecule has 0 aliphatic heterocycles. The van der Waals surface area contributed by atoms with Crippen LogP contribution in [0.2, 0.25) is 5.02 Å². The molecule has 4 nitrogen and oxygen atoms in total. The molecule has 6 heteroatoms.